The van der Waals surface area contributed by atoms with Crippen LogP contribution in [0.5, 0.6) is 0 Å². The molecule has 2 aromatic rings. The van der Waals surface area contributed by atoms with Crippen molar-refractivity contribution in [1.82, 2.24) is 15.1 Å². The van der Waals surface area contributed by atoms with Crippen LogP contribution in [0.2, 0.25) is 0 Å². The molecule has 1 aliphatic rings. The maximum atomic E-state index is 5.82. The second kappa shape index (κ2) is 5.61. The van der Waals surface area contributed by atoms with E-state index in [0.717, 1.165) is 22.4 Å². The van der Waals surface area contributed by atoms with Gasteiger partial charge in [-0.3, -0.25) is 0 Å². The fourth-order valence-corrected chi connectivity index (χ4v) is 3.53. The first-order valence-electron chi connectivity index (χ1n) is 7.22. The van der Waals surface area contributed by atoms with Gasteiger partial charge in [-0.2, -0.15) is 4.98 Å². The van der Waals surface area contributed by atoms with Crippen LogP contribution in [0.25, 0.3) is 11.6 Å². The first kappa shape index (κ1) is 13.7. The van der Waals surface area contributed by atoms with Crippen LogP contribution < -0.4 is 5.73 Å². The molecule has 5 nitrogen and oxygen atoms in total. The molecule has 0 amide bonds. The summed E-state index contributed by atoms with van der Waals surface area (Å²) in [7, 11) is 0. The second-order valence-electron chi connectivity index (χ2n) is 5.60. The van der Waals surface area contributed by atoms with E-state index in [1.807, 2.05) is 12.3 Å². The summed E-state index contributed by atoms with van der Waals surface area (Å²) in [5.41, 5.74) is 6.56. The predicted octanol–water partition coefficient (Wildman–Crippen LogP) is 3.51. The number of hydrogen-bond donors (Lipinski definition) is 1. The lowest BCUT2D eigenvalue weighted by Gasteiger charge is -2.04. The predicted molar refractivity (Wildman–Crippen MR) is 78.4 cm³/mol. The van der Waals surface area contributed by atoms with Crippen molar-refractivity contribution in [3.05, 3.63) is 16.2 Å². The molecule has 3 atom stereocenters. The monoisotopic (exact) mass is 292 g/mol. The summed E-state index contributed by atoms with van der Waals surface area (Å²) in [6, 6.07) is -0.0590. The number of nitrogens with two attached hydrogens (primary N) is 1. The summed E-state index contributed by atoms with van der Waals surface area (Å²) < 4.78 is 5.37. The first-order chi connectivity index (χ1) is 9.67. The van der Waals surface area contributed by atoms with Crippen molar-refractivity contribution < 1.29 is 4.52 Å². The Morgan fingerprint density at radius 2 is 2.30 bits per heavy atom. The van der Waals surface area contributed by atoms with Gasteiger partial charge in [-0.1, -0.05) is 18.5 Å². The minimum Gasteiger partial charge on any atom is -0.332 e. The van der Waals surface area contributed by atoms with E-state index in [1.165, 1.54) is 37.0 Å². The Bertz CT molecular complexity index is 577. The highest BCUT2D eigenvalue weighted by atomic mass is 32.1. The fraction of sp³-hybridized carbons (Fsp3) is 0.643. The summed E-state index contributed by atoms with van der Waals surface area (Å²) in [6.07, 6.45) is 4.86. The van der Waals surface area contributed by atoms with Crippen LogP contribution in [0.3, 0.4) is 0 Å². The van der Waals surface area contributed by atoms with Crippen molar-refractivity contribution in [1.29, 1.82) is 0 Å². The highest BCUT2D eigenvalue weighted by molar-refractivity contribution is 7.10. The standard InChI is InChI=1S/C14H20N4OS/c1-3-9-4-5-10(6-9)12-17-13(19-18-12)11-7-20-14(16-11)8(2)15/h7-10H,3-6,15H2,1-2H3. The van der Waals surface area contributed by atoms with Gasteiger partial charge in [0.05, 0.1) is 6.04 Å². The number of hydrogen-bond acceptors (Lipinski definition) is 6. The fourth-order valence-electron chi connectivity index (χ4n) is 2.78. The molecule has 2 N–H and O–H groups in total. The average molecular weight is 292 g/mol. The zero-order valence-electron chi connectivity index (χ0n) is 11.9. The lowest BCUT2D eigenvalue weighted by Crippen LogP contribution is -2.03. The van der Waals surface area contributed by atoms with E-state index in [1.54, 1.807) is 0 Å². The Morgan fingerprint density at radius 1 is 1.45 bits per heavy atom. The summed E-state index contributed by atoms with van der Waals surface area (Å²) >= 11 is 1.53. The summed E-state index contributed by atoms with van der Waals surface area (Å²) in [4.78, 5) is 8.98. The maximum absolute atomic E-state index is 5.82. The van der Waals surface area contributed by atoms with Crippen LogP contribution in [-0.4, -0.2) is 15.1 Å². The van der Waals surface area contributed by atoms with Gasteiger partial charge in [-0.25, -0.2) is 4.98 Å². The Morgan fingerprint density at radius 3 is 2.95 bits per heavy atom. The van der Waals surface area contributed by atoms with Crippen molar-refractivity contribution >= 4 is 11.3 Å². The molecule has 0 saturated heterocycles. The SMILES string of the molecule is CCC1CCC(c2noc(-c3csc(C(C)N)n3)n2)C1. The Kier molecular flexibility index (Phi) is 3.85. The number of nitrogens with zero attached hydrogens (tertiary/aromatic N) is 3. The smallest absolute Gasteiger partial charge is 0.277 e. The minimum absolute atomic E-state index is 0.0590. The Balaban J connectivity index is 1.76. The molecule has 0 spiro atoms. The molecule has 20 heavy (non-hydrogen) atoms. The van der Waals surface area contributed by atoms with E-state index in [4.69, 9.17) is 10.3 Å². The molecular weight excluding hydrogens is 272 g/mol. The van der Waals surface area contributed by atoms with Gasteiger partial charge in [-0.05, 0) is 32.1 Å². The summed E-state index contributed by atoms with van der Waals surface area (Å²) in [6.45, 7) is 4.17. The van der Waals surface area contributed by atoms with E-state index in [2.05, 4.69) is 22.0 Å². The van der Waals surface area contributed by atoms with Crippen LogP contribution in [-0.2, 0) is 0 Å². The van der Waals surface area contributed by atoms with Gasteiger partial charge in [0, 0.05) is 11.3 Å². The number of rotatable bonds is 4. The third kappa shape index (κ3) is 2.62. The van der Waals surface area contributed by atoms with Crippen LogP contribution in [0.1, 0.15) is 62.3 Å². The largest absolute Gasteiger partial charge is 0.332 e. The van der Waals surface area contributed by atoms with E-state index in [0.29, 0.717) is 11.8 Å². The van der Waals surface area contributed by atoms with E-state index < -0.39 is 0 Å². The van der Waals surface area contributed by atoms with E-state index in [-0.39, 0.29) is 6.04 Å². The van der Waals surface area contributed by atoms with Gasteiger partial charge in [0.2, 0.25) is 0 Å². The van der Waals surface area contributed by atoms with Gasteiger partial charge in [0.15, 0.2) is 5.82 Å². The van der Waals surface area contributed by atoms with Crippen LogP contribution in [0.15, 0.2) is 9.90 Å². The minimum atomic E-state index is -0.0590. The lowest BCUT2D eigenvalue weighted by atomic mass is 10.0. The normalized spacial score (nSPS) is 24.1. The van der Waals surface area contributed by atoms with Crippen LogP contribution >= 0.6 is 11.3 Å². The van der Waals surface area contributed by atoms with Crippen molar-refractivity contribution in [2.24, 2.45) is 11.7 Å². The zero-order chi connectivity index (χ0) is 14.1. The first-order valence-corrected chi connectivity index (χ1v) is 8.10. The van der Waals surface area contributed by atoms with E-state index >= 15 is 0 Å². The highest BCUT2D eigenvalue weighted by Crippen LogP contribution is 2.39. The number of aromatic nitrogens is 3. The molecule has 2 heterocycles. The highest BCUT2D eigenvalue weighted by Gasteiger charge is 2.28. The number of thiazole rings is 1. The third-order valence-electron chi connectivity index (χ3n) is 4.06. The molecule has 2 aromatic heterocycles. The van der Waals surface area contributed by atoms with Crippen LogP contribution in [0.4, 0.5) is 0 Å². The maximum Gasteiger partial charge on any atom is 0.277 e. The third-order valence-corrected chi connectivity index (χ3v) is 5.10. The van der Waals surface area contributed by atoms with Crippen molar-refractivity contribution in [3.8, 4) is 11.6 Å². The molecule has 1 aliphatic carbocycles. The van der Waals surface area contributed by atoms with Gasteiger partial charge < -0.3 is 10.3 Å². The molecule has 0 bridgehead atoms. The molecule has 0 aliphatic heterocycles. The zero-order valence-corrected chi connectivity index (χ0v) is 12.7. The molecule has 3 unspecified atom stereocenters. The summed E-state index contributed by atoms with van der Waals surface area (Å²) in [5, 5.41) is 6.97. The quantitative estimate of drug-likeness (QED) is 0.933. The molecule has 108 valence electrons. The van der Waals surface area contributed by atoms with Crippen LogP contribution in [0, 0.1) is 5.92 Å². The topological polar surface area (TPSA) is 77.8 Å². The molecule has 0 radical (unpaired) electrons. The van der Waals surface area contributed by atoms with Gasteiger partial charge >= 0.3 is 0 Å². The van der Waals surface area contributed by atoms with Crippen molar-refractivity contribution in [2.45, 2.75) is 51.5 Å². The lowest BCUT2D eigenvalue weighted by molar-refractivity contribution is 0.412. The van der Waals surface area contributed by atoms with Gasteiger partial charge in [-0.15, -0.1) is 11.3 Å². The Labute approximate surface area is 122 Å². The molecule has 1 fully saturated rings. The van der Waals surface area contributed by atoms with Crippen molar-refractivity contribution in [2.75, 3.05) is 0 Å². The van der Waals surface area contributed by atoms with E-state index in [9.17, 15) is 0 Å². The molecule has 0 aromatic carbocycles. The Hall–Kier alpha value is -1.27. The van der Waals surface area contributed by atoms with Gasteiger partial charge in [0.25, 0.3) is 5.89 Å². The molecule has 3 rings (SSSR count). The van der Waals surface area contributed by atoms with Gasteiger partial charge in [0.1, 0.15) is 10.7 Å². The molecular formula is C14H20N4OS. The molecule has 1 saturated carbocycles. The molecule has 6 heteroatoms. The average Bonchev–Trinajstić information content (AvgIpc) is 3.17. The summed E-state index contributed by atoms with van der Waals surface area (Å²) in [5.74, 6) is 2.62. The van der Waals surface area contributed by atoms with Crippen molar-refractivity contribution in [3.63, 3.8) is 0 Å². The second-order valence-corrected chi connectivity index (χ2v) is 6.49.